The van der Waals surface area contributed by atoms with E-state index < -0.39 is 17.6 Å². The topological polar surface area (TPSA) is 130 Å². The first-order valence-electron chi connectivity index (χ1n) is 8.59. The van der Waals surface area contributed by atoms with Crippen molar-refractivity contribution in [3.05, 3.63) is 83.3 Å². The summed E-state index contributed by atoms with van der Waals surface area (Å²) in [6.07, 6.45) is 1.36. The summed E-state index contributed by atoms with van der Waals surface area (Å²) in [5.41, 5.74) is 6.60. The van der Waals surface area contributed by atoms with Gasteiger partial charge in [-0.3, -0.25) is 9.59 Å². The Morgan fingerprint density at radius 2 is 1.70 bits per heavy atom. The van der Waals surface area contributed by atoms with Gasteiger partial charge in [0.2, 0.25) is 0 Å². The fraction of sp³-hybridized carbons (Fsp3) is 0. The van der Waals surface area contributed by atoms with Gasteiger partial charge in [-0.05, 0) is 36.4 Å². The molecular formula is C20H15BFN5O3. The van der Waals surface area contributed by atoms with Crippen LogP contribution in [0.5, 0.6) is 0 Å². The molecule has 0 aliphatic heterocycles. The maximum Gasteiger partial charge on any atom is 0.259 e. The number of halogens is 1. The SMILES string of the molecule is [B]c1ccc(NC(=O)c2cc(F)ccc2NC(=O)c2ccc(/C(N)=N\O)cc2)nc1. The monoisotopic (exact) mass is 403 g/mol. The van der Waals surface area contributed by atoms with Crippen molar-refractivity contribution in [3.8, 4) is 0 Å². The predicted molar refractivity (Wildman–Crippen MR) is 111 cm³/mol. The molecule has 3 aromatic rings. The lowest BCUT2D eigenvalue weighted by atomic mass is 9.99. The zero-order chi connectivity index (χ0) is 21.7. The highest BCUT2D eigenvalue weighted by molar-refractivity contribution is 6.32. The summed E-state index contributed by atoms with van der Waals surface area (Å²) in [6.45, 7) is 0. The Hall–Kier alpha value is -4.21. The molecule has 1 heterocycles. The highest BCUT2D eigenvalue weighted by Gasteiger charge is 2.16. The number of amides is 2. The van der Waals surface area contributed by atoms with E-state index in [9.17, 15) is 14.0 Å². The van der Waals surface area contributed by atoms with Crippen molar-refractivity contribution >= 4 is 42.5 Å². The molecule has 10 heteroatoms. The van der Waals surface area contributed by atoms with Crippen LogP contribution < -0.4 is 21.8 Å². The first-order valence-corrected chi connectivity index (χ1v) is 8.59. The van der Waals surface area contributed by atoms with Gasteiger partial charge in [0.25, 0.3) is 11.8 Å². The zero-order valence-corrected chi connectivity index (χ0v) is 15.5. The van der Waals surface area contributed by atoms with Gasteiger partial charge in [0.1, 0.15) is 19.5 Å². The van der Waals surface area contributed by atoms with E-state index in [4.69, 9.17) is 18.8 Å². The van der Waals surface area contributed by atoms with Crippen LogP contribution >= 0.6 is 0 Å². The highest BCUT2D eigenvalue weighted by Crippen LogP contribution is 2.20. The summed E-state index contributed by atoms with van der Waals surface area (Å²) in [6, 6.07) is 12.4. The standard InChI is InChI=1S/C20H15BFN5O3/c21-13-5-8-17(24-10-13)26-20(29)15-9-14(22)6-7-16(15)25-19(28)12-3-1-11(2-4-12)18(23)27-30/h1-10,30H,(H2,23,27)(H,25,28)(H,24,26,29). The summed E-state index contributed by atoms with van der Waals surface area (Å²) >= 11 is 0. The molecule has 2 radical (unpaired) electrons. The number of pyridine rings is 1. The van der Waals surface area contributed by atoms with Crippen molar-refractivity contribution in [1.29, 1.82) is 0 Å². The van der Waals surface area contributed by atoms with Crippen LogP contribution in [0.2, 0.25) is 0 Å². The van der Waals surface area contributed by atoms with E-state index >= 15 is 0 Å². The van der Waals surface area contributed by atoms with E-state index in [0.29, 0.717) is 11.0 Å². The molecule has 0 aliphatic carbocycles. The van der Waals surface area contributed by atoms with Crippen LogP contribution in [0.1, 0.15) is 26.3 Å². The van der Waals surface area contributed by atoms with Gasteiger partial charge in [0.05, 0.1) is 11.3 Å². The van der Waals surface area contributed by atoms with Gasteiger partial charge in [-0.25, -0.2) is 9.37 Å². The van der Waals surface area contributed by atoms with E-state index in [-0.39, 0.29) is 28.5 Å². The summed E-state index contributed by atoms with van der Waals surface area (Å²) in [5, 5.41) is 16.7. The van der Waals surface area contributed by atoms with Crippen molar-refractivity contribution in [2.45, 2.75) is 0 Å². The molecular weight excluding hydrogens is 388 g/mol. The number of carbonyl (C=O) groups excluding carboxylic acids is 2. The van der Waals surface area contributed by atoms with Crippen LogP contribution in [-0.4, -0.2) is 35.7 Å². The van der Waals surface area contributed by atoms with Gasteiger partial charge >= 0.3 is 0 Å². The molecule has 0 saturated carbocycles. The number of amidine groups is 1. The van der Waals surface area contributed by atoms with Gasteiger partial charge in [0, 0.05) is 17.3 Å². The number of aromatic nitrogens is 1. The predicted octanol–water partition coefficient (Wildman–Crippen LogP) is 1.61. The van der Waals surface area contributed by atoms with Crippen LogP contribution in [-0.2, 0) is 0 Å². The fourth-order valence-corrected chi connectivity index (χ4v) is 2.52. The molecule has 0 spiro atoms. The maximum atomic E-state index is 13.7. The smallest absolute Gasteiger partial charge is 0.259 e. The third kappa shape index (κ3) is 4.79. The van der Waals surface area contributed by atoms with Gasteiger partial charge in [-0.2, -0.15) is 0 Å². The lowest BCUT2D eigenvalue weighted by Gasteiger charge is -2.12. The number of hydrogen-bond acceptors (Lipinski definition) is 5. The van der Waals surface area contributed by atoms with Crippen LogP contribution in [0.4, 0.5) is 15.9 Å². The molecule has 0 aliphatic rings. The normalized spacial score (nSPS) is 11.0. The number of anilines is 2. The lowest BCUT2D eigenvalue weighted by molar-refractivity contribution is 0.102. The van der Waals surface area contributed by atoms with Crippen LogP contribution in [0.25, 0.3) is 0 Å². The van der Waals surface area contributed by atoms with Crippen molar-refractivity contribution in [1.82, 2.24) is 4.98 Å². The van der Waals surface area contributed by atoms with E-state index in [1.54, 1.807) is 6.07 Å². The lowest BCUT2D eigenvalue weighted by Crippen LogP contribution is -2.19. The molecule has 30 heavy (non-hydrogen) atoms. The Bertz CT molecular complexity index is 1120. The van der Waals surface area contributed by atoms with Crippen molar-refractivity contribution in [2.24, 2.45) is 10.9 Å². The van der Waals surface area contributed by atoms with Crippen molar-refractivity contribution < 1.29 is 19.2 Å². The van der Waals surface area contributed by atoms with Crippen LogP contribution in [0.15, 0.2) is 65.9 Å². The van der Waals surface area contributed by atoms with Gasteiger partial charge in [-0.1, -0.05) is 28.8 Å². The van der Waals surface area contributed by atoms with Gasteiger partial charge in [0.15, 0.2) is 5.84 Å². The third-order valence-electron chi connectivity index (χ3n) is 4.05. The Labute approximate surface area is 172 Å². The summed E-state index contributed by atoms with van der Waals surface area (Å²) in [5.74, 6) is -1.73. The number of oxime groups is 1. The molecule has 0 atom stereocenters. The molecule has 8 nitrogen and oxygen atoms in total. The molecule has 0 bridgehead atoms. The fourth-order valence-electron chi connectivity index (χ4n) is 2.52. The number of carbonyl (C=O) groups is 2. The highest BCUT2D eigenvalue weighted by atomic mass is 19.1. The Morgan fingerprint density at radius 3 is 2.33 bits per heavy atom. The Balaban J connectivity index is 1.81. The van der Waals surface area contributed by atoms with E-state index in [0.717, 1.165) is 12.1 Å². The van der Waals surface area contributed by atoms with Gasteiger partial charge in [-0.15, -0.1) is 0 Å². The average molecular weight is 403 g/mol. The number of nitrogens with zero attached hydrogens (tertiary/aromatic N) is 2. The van der Waals surface area contributed by atoms with Crippen molar-refractivity contribution in [2.75, 3.05) is 10.6 Å². The molecule has 2 aromatic carbocycles. The number of benzene rings is 2. The first kappa shape index (κ1) is 20.5. The molecule has 0 fully saturated rings. The number of nitrogens with two attached hydrogens (primary N) is 1. The second-order valence-corrected chi connectivity index (χ2v) is 6.14. The quantitative estimate of drug-likeness (QED) is 0.169. The number of hydrogen-bond donors (Lipinski definition) is 4. The minimum atomic E-state index is -0.663. The van der Waals surface area contributed by atoms with Crippen LogP contribution in [0.3, 0.4) is 0 Å². The molecule has 0 saturated heterocycles. The number of rotatable bonds is 5. The van der Waals surface area contributed by atoms with E-state index in [1.165, 1.54) is 42.6 Å². The van der Waals surface area contributed by atoms with Crippen molar-refractivity contribution in [3.63, 3.8) is 0 Å². The molecule has 5 N–H and O–H groups in total. The second kappa shape index (κ2) is 8.86. The van der Waals surface area contributed by atoms with E-state index in [1.807, 2.05) is 0 Å². The maximum absolute atomic E-state index is 13.7. The molecule has 1 aromatic heterocycles. The minimum Gasteiger partial charge on any atom is -0.409 e. The number of nitrogens with one attached hydrogen (secondary N) is 2. The van der Waals surface area contributed by atoms with E-state index in [2.05, 4.69) is 20.8 Å². The second-order valence-electron chi connectivity index (χ2n) is 6.14. The summed E-state index contributed by atoms with van der Waals surface area (Å²) < 4.78 is 13.7. The average Bonchev–Trinajstić information content (AvgIpc) is 2.76. The molecule has 2 amide bonds. The van der Waals surface area contributed by atoms with Gasteiger partial charge < -0.3 is 21.6 Å². The first-order chi connectivity index (χ1) is 14.4. The summed E-state index contributed by atoms with van der Waals surface area (Å²) in [4.78, 5) is 29.1. The molecule has 148 valence electrons. The Kier molecular flexibility index (Phi) is 6.07. The Morgan fingerprint density at radius 1 is 1.00 bits per heavy atom. The third-order valence-corrected chi connectivity index (χ3v) is 4.05. The molecule has 0 unspecified atom stereocenters. The zero-order valence-electron chi connectivity index (χ0n) is 15.5. The minimum absolute atomic E-state index is 0.0877. The molecule has 3 rings (SSSR count). The van der Waals surface area contributed by atoms with Crippen LogP contribution in [0, 0.1) is 5.82 Å². The largest absolute Gasteiger partial charge is 0.409 e. The summed E-state index contributed by atoms with van der Waals surface area (Å²) in [7, 11) is 5.56.